The Morgan fingerprint density at radius 2 is 1.76 bits per heavy atom. The Bertz CT molecular complexity index is 414. The van der Waals surface area contributed by atoms with Crippen LogP contribution in [0.3, 0.4) is 0 Å². The zero-order valence-corrected chi connectivity index (χ0v) is 14.6. The Balaban J connectivity index is 1.97. The van der Waals surface area contributed by atoms with E-state index >= 15 is 0 Å². The Morgan fingerprint density at radius 3 is 2.43 bits per heavy atom. The highest BCUT2D eigenvalue weighted by Crippen LogP contribution is 2.37. The molecule has 0 bridgehead atoms. The Morgan fingerprint density at radius 1 is 1.05 bits per heavy atom. The van der Waals surface area contributed by atoms with Crippen molar-refractivity contribution in [1.29, 1.82) is 0 Å². The Labute approximate surface area is 130 Å². The first kappa shape index (κ1) is 17.2. The van der Waals surface area contributed by atoms with Crippen LogP contribution in [0.1, 0.15) is 52.4 Å². The molecule has 1 aliphatic heterocycles. The molecule has 124 valence electrons. The van der Waals surface area contributed by atoms with Gasteiger partial charge in [-0.2, -0.15) is 0 Å². The third-order valence-electron chi connectivity index (χ3n) is 5.01. The first-order chi connectivity index (χ1) is 9.91. The van der Waals surface area contributed by atoms with Crippen LogP contribution >= 0.6 is 0 Å². The monoisotopic (exact) mass is 316 g/mol. The zero-order chi connectivity index (χ0) is 15.3. The van der Waals surface area contributed by atoms with E-state index in [1.165, 1.54) is 32.1 Å². The van der Waals surface area contributed by atoms with Crippen molar-refractivity contribution in [3.05, 3.63) is 0 Å². The molecular weight excluding hydrogens is 284 g/mol. The van der Waals surface area contributed by atoms with E-state index in [1.54, 1.807) is 0 Å². The minimum atomic E-state index is -2.80. The van der Waals surface area contributed by atoms with Gasteiger partial charge >= 0.3 is 0 Å². The predicted octanol–water partition coefficient (Wildman–Crippen LogP) is 2.06. The molecule has 2 rings (SSSR count). The fourth-order valence-electron chi connectivity index (χ4n) is 3.74. The molecule has 2 aliphatic rings. The van der Waals surface area contributed by atoms with E-state index in [0.717, 1.165) is 32.6 Å². The topological polar surface area (TPSA) is 49.4 Å². The smallest absolute Gasteiger partial charge is 0.151 e. The van der Waals surface area contributed by atoms with E-state index in [-0.39, 0.29) is 0 Å². The van der Waals surface area contributed by atoms with Crippen molar-refractivity contribution in [2.24, 2.45) is 5.41 Å². The zero-order valence-electron chi connectivity index (χ0n) is 13.7. The van der Waals surface area contributed by atoms with Crippen molar-refractivity contribution in [3.8, 4) is 0 Å². The summed E-state index contributed by atoms with van der Waals surface area (Å²) in [6, 6.07) is 0.522. The molecule has 1 aliphatic carbocycles. The summed E-state index contributed by atoms with van der Waals surface area (Å²) in [6.07, 6.45) is 7.39. The molecular formula is C16H32N2O2S. The first-order valence-electron chi connectivity index (χ1n) is 8.57. The number of sulfone groups is 1. The summed E-state index contributed by atoms with van der Waals surface area (Å²) in [4.78, 5) is 2.41. The van der Waals surface area contributed by atoms with Gasteiger partial charge in [0.1, 0.15) is 0 Å². The van der Waals surface area contributed by atoms with Gasteiger partial charge in [-0.05, 0) is 31.2 Å². The Hall–Kier alpha value is -0.130. The van der Waals surface area contributed by atoms with Crippen molar-refractivity contribution in [1.82, 2.24) is 10.2 Å². The van der Waals surface area contributed by atoms with Gasteiger partial charge < -0.3 is 10.2 Å². The van der Waals surface area contributed by atoms with Gasteiger partial charge in [0.25, 0.3) is 0 Å². The van der Waals surface area contributed by atoms with Gasteiger partial charge in [-0.15, -0.1) is 0 Å². The number of rotatable bonds is 5. The van der Waals surface area contributed by atoms with E-state index in [2.05, 4.69) is 24.1 Å². The summed E-state index contributed by atoms with van der Waals surface area (Å²) >= 11 is 0. The summed E-state index contributed by atoms with van der Waals surface area (Å²) in [7, 11) is -2.80. The molecule has 1 saturated carbocycles. The van der Waals surface area contributed by atoms with Crippen LogP contribution in [0.2, 0.25) is 0 Å². The van der Waals surface area contributed by atoms with Crippen LogP contribution in [0.15, 0.2) is 0 Å². The maximum Gasteiger partial charge on any atom is 0.151 e. The van der Waals surface area contributed by atoms with E-state index < -0.39 is 9.84 Å². The van der Waals surface area contributed by atoms with Gasteiger partial charge in [-0.1, -0.05) is 33.1 Å². The minimum absolute atomic E-state index is 0.348. The second kappa shape index (κ2) is 7.42. The SMILES string of the molecule is CC(C)NCC1(CN2CCCS(=O)(=O)CC2)CCCCC1. The van der Waals surface area contributed by atoms with Crippen molar-refractivity contribution in [2.75, 3.05) is 37.7 Å². The molecule has 4 nitrogen and oxygen atoms in total. The molecule has 5 heteroatoms. The molecule has 0 aromatic carbocycles. The predicted molar refractivity (Wildman–Crippen MR) is 88.4 cm³/mol. The lowest BCUT2D eigenvalue weighted by Gasteiger charge is -2.41. The lowest BCUT2D eigenvalue weighted by atomic mass is 9.73. The van der Waals surface area contributed by atoms with Gasteiger partial charge in [0, 0.05) is 25.7 Å². The molecule has 21 heavy (non-hydrogen) atoms. The summed E-state index contributed by atoms with van der Waals surface area (Å²) in [5.74, 6) is 0.724. The number of nitrogens with zero attached hydrogens (tertiary/aromatic N) is 1. The molecule has 0 aromatic heterocycles. The van der Waals surface area contributed by atoms with Crippen molar-refractivity contribution in [2.45, 2.75) is 58.4 Å². The molecule has 2 fully saturated rings. The van der Waals surface area contributed by atoms with E-state index in [1.807, 2.05) is 0 Å². The largest absolute Gasteiger partial charge is 0.314 e. The van der Waals surface area contributed by atoms with Gasteiger partial charge in [0.05, 0.1) is 11.5 Å². The highest BCUT2D eigenvalue weighted by Gasteiger charge is 2.34. The first-order valence-corrected chi connectivity index (χ1v) is 10.4. The highest BCUT2D eigenvalue weighted by atomic mass is 32.2. The fourth-order valence-corrected chi connectivity index (χ4v) is 5.05. The minimum Gasteiger partial charge on any atom is -0.314 e. The summed E-state index contributed by atoms with van der Waals surface area (Å²) in [5.41, 5.74) is 0.358. The van der Waals surface area contributed by atoms with Crippen LogP contribution in [-0.4, -0.2) is 57.0 Å². The average molecular weight is 317 g/mol. The normalized spacial score (nSPS) is 26.6. The van der Waals surface area contributed by atoms with Crippen LogP contribution in [0.25, 0.3) is 0 Å². The van der Waals surface area contributed by atoms with Crippen molar-refractivity contribution < 1.29 is 8.42 Å². The maximum absolute atomic E-state index is 11.8. The van der Waals surface area contributed by atoms with Crippen LogP contribution in [0.5, 0.6) is 0 Å². The molecule has 1 heterocycles. The van der Waals surface area contributed by atoms with Crippen LogP contribution in [0.4, 0.5) is 0 Å². The van der Waals surface area contributed by atoms with Gasteiger partial charge in [0.15, 0.2) is 9.84 Å². The van der Waals surface area contributed by atoms with Gasteiger partial charge in [-0.3, -0.25) is 0 Å². The average Bonchev–Trinajstić information content (AvgIpc) is 2.59. The molecule has 0 spiro atoms. The number of nitrogens with one attached hydrogen (secondary N) is 1. The molecule has 0 unspecified atom stereocenters. The fraction of sp³-hybridized carbons (Fsp3) is 1.00. The van der Waals surface area contributed by atoms with Crippen LogP contribution < -0.4 is 5.32 Å². The molecule has 0 radical (unpaired) electrons. The molecule has 1 N–H and O–H groups in total. The van der Waals surface area contributed by atoms with Crippen LogP contribution in [0, 0.1) is 5.41 Å². The third-order valence-corrected chi connectivity index (χ3v) is 6.72. The molecule has 0 atom stereocenters. The Kier molecular flexibility index (Phi) is 6.09. The maximum atomic E-state index is 11.8. The summed E-state index contributed by atoms with van der Waals surface area (Å²) in [6.45, 7) is 8.23. The van der Waals surface area contributed by atoms with Gasteiger partial charge in [0.2, 0.25) is 0 Å². The number of hydrogen-bond donors (Lipinski definition) is 1. The van der Waals surface area contributed by atoms with E-state index in [9.17, 15) is 8.42 Å². The van der Waals surface area contributed by atoms with Crippen LogP contribution in [-0.2, 0) is 9.84 Å². The van der Waals surface area contributed by atoms with Gasteiger partial charge in [-0.25, -0.2) is 8.42 Å². The quantitative estimate of drug-likeness (QED) is 0.843. The second-order valence-electron chi connectivity index (χ2n) is 7.38. The molecule has 0 aromatic rings. The lowest BCUT2D eigenvalue weighted by molar-refractivity contribution is 0.104. The third kappa shape index (κ3) is 5.53. The summed E-state index contributed by atoms with van der Waals surface area (Å²) in [5, 5.41) is 3.63. The lowest BCUT2D eigenvalue weighted by Crippen LogP contribution is -2.47. The molecule has 1 saturated heterocycles. The summed E-state index contributed by atoms with van der Waals surface area (Å²) < 4.78 is 23.5. The standard InChI is InChI=1S/C16H32N2O2S/c1-15(2)17-13-16(7-4-3-5-8-16)14-18-9-6-11-21(19,20)12-10-18/h15,17H,3-14H2,1-2H3. The number of hydrogen-bond acceptors (Lipinski definition) is 4. The van der Waals surface area contributed by atoms with E-state index in [4.69, 9.17) is 0 Å². The molecule has 0 amide bonds. The highest BCUT2D eigenvalue weighted by molar-refractivity contribution is 7.91. The van der Waals surface area contributed by atoms with Crippen molar-refractivity contribution in [3.63, 3.8) is 0 Å². The van der Waals surface area contributed by atoms with Crippen molar-refractivity contribution >= 4 is 9.84 Å². The second-order valence-corrected chi connectivity index (χ2v) is 9.68. The van der Waals surface area contributed by atoms with E-state index in [0.29, 0.717) is 23.0 Å².